The molecule has 0 bridgehead atoms. The number of hydrogen-bond acceptors (Lipinski definition) is 3. The Kier molecular flexibility index (Phi) is 3.64. The molecule has 17 heavy (non-hydrogen) atoms. The van der Waals surface area contributed by atoms with Gasteiger partial charge in [-0.3, -0.25) is 4.79 Å². The van der Waals surface area contributed by atoms with Gasteiger partial charge < -0.3 is 15.0 Å². The van der Waals surface area contributed by atoms with Gasteiger partial charge in [0.1, 0.15) is 5.75 Å². The van der Waals surface area contributed by atoms with Crippen molar-refractivity contribution < 1.29 is 9.53 Å². The summed E-state index contributed by atoms with van der Waals surface area (Å²) in [6.45, 7) is 4.50. The van der Waals surface area contributed by atoms with Crippen molar-refractivity contribution in [1.29, 1.82) is 0 Å². The first-order valence-corrected chi connectivity index (χ1v) is 5.88. The van der Waals surface area contributed by atoms with Crippen LogP contribution in [0.5, 0.6) is 5.75 Å². The third-order valence-electron chi connectivity index (χ3n) is 3.10. The molecule has 0 radical (unpaired) electrons. The van der Waals surface area contributed by atoms with Gasteiger partial charge in [0, 0.05) is 25.7 Å². The smallest absolute Gasteiger partial charge is 0.257 e. The Labute approximate surface area is 102 Å². The third kappa shape index (κ3) is 2.42. The number of carbonyl (C=O) groups excluding carboxylic acids is 1. The lowest BCUT2D eigenvalue weighted by atomic mass is 10.1. The molecule has 1 saturated heterocycles. The van der Waals surface area contributed by atoms with Crippen LogP contribution in [-0.4, -0.2) is 43.6 Å². The number of nitrogens with zero attached hydrogens (tertiary/aromatic N) is 1. The van der Waals surface area contributed by atoms with Gasteiger partial charge in [0.2, 0.25) is 0 Å². The molecule has 1 aromatic carbocycles. The second-order valence-corrected chi connectivity index (χ2v) is 4.25. The molecule has 1 fully saturated rings. The fourth-order valence-electron chi connectivity index (χ4n) is 2.12. The van der Waals surface area contributed by atoms with E-state index in [2.05, 4.69) is 12.2 Å². The maximum atomic E-state index is 12.4. The minimum absolute atomic E-state index is 0.0523. The van der Waals surface area contributed by atoms with Crippen LogP contribution in [0, 0.1) is 0 Å². The van der Waals surface area contributed by atoms with Crippen molar-refractivity contribution in [1.82, 2.24) is 10.2 Å². The van der Waals surface area contributed by atoms with E-state index in [1.807, 2.05) is 29.2 Å². The van der Waals surface area contributed by atoms with Gasteiger partial charge in [-0.15, -0.1) is 0 Å². The van der Waals surface area contributed by atoms with Crippen LogP contribution in [0.3, 0.4) is 0 Å². The number of ether oxygens (including phenoxy) is 1. The van der Waals surface area contributed by atoms with E-state index in [0.29, 0.717) is 11.3 Å². The van der Waals surface area contributed by atoms with Crippen molar-refractivity contribution in [2.75, 3.05) is 26.7 Å². The van der Waals surface area contributed by atoms with Gasteiger partial charge in [0.25, 0.3) is 5.91 Å². The fourth-order valence-corrected chi connectivity index (χ4v) is 2.12. The molecule has 92 valence electrons. The average Bonchev–Trinajstić information content (AvgIpc) is 2.38. The SMILES string of the molecule is COc1ccccc1C(=O)N1CCNC[C@H]1C. The second kappa shape index (κ2) is 5.19. The Bertz CT molecular complexity index is 406. The number of amides is 1. The van der Waals surface area contributed by atoms with Crippen molar-refractivity contribution in [3.8, 4) is 5.75 Å². The van der Waals surface area contributed by atoms with Crippen molar-refractivity contribution >= 4 is 5.91 Å². The molecule has 1 amide bonds. The molecule has 0 spiro atoms. The van der Waals surface area contributed by atoms with Gasteiger partial charge in [0.15, 0.2) is 0 Å². The van der Waals surface area contributed by atoms with Gasteiger partial charge in [-0.25, -0.2) is 0 Å². The summed E-state index contributed by atoms with van der Waals surface area (Å²) in [7, 11) is 1.59. The van der Waals surface area contributed by atoms with Crippen molar-refractivity contribution in [2.45, 2.75) is 13.0 Å². The number of nitrogens with one attached hydrogen (secondary N) is 1. The molecular formula is C13H18N2O2. The van der Waals surface area contributed by atoms with Crippen molar-refractivity contribution in [2.24, 2.45) is 0 Å². The van der Waals surface area contributed by atoms with E-state index in [-0.39, 0.29) is 11.9 Å². The van der Waals surface area contributed by atoms with Crippen LogP contribution in [0.2, 0.25) is 0 Å². The van der Waals surface area contributed by atoms with Crippen LogP contribution < -0.4 is 10.1 Å². The lowest BCUT2D eigenvalue weighted by molar-refractivity contribution is 0.0652. The highest BCUT2D eigenvalue weighted by Crippen LogP contribution is 2.20. The molecule has 2 rings (SSSR count). The zero-order valence-corrected chi connectivity index (χ0v) is 10.3. The van der Waals surface area contributed by atoms with Crippen LogP contribution in [0.4, 0.5) is 0 Å². The zero-order valence-electron chi connectivity index (χ0n) is 10.3. The summed E-state index contributed by atoms with van der Waals surface area (Å²) in [4.78, 5) is 14.3. The number of carbonyl (C=O) groups is 1. The Morgan fingerprint density at radius 2 is 2.24 bits per heavy atom. The number of methoxy groups -OCH3 is 1. The molecule has 0 saturated carbocycles. The van der Waals surface area contributed by atoms with Crippen LogP contribution in [0.15, 0.2) is 24.3 Å². The Hall–Kier alpha value is -1.55. The average molecular weight is 234 g/mol. The predicted molar refractivity (Wildman–Crippen MR) is 66.4 cm³/mol. The first-order valence-electron chi connectivity index (χ1n) is 5.88. The molecule has 4 nitrogen and oxygen atoms in total. The number of piperazine rings is 1. The summed E-state index contributed by atoms with van der Waals surface area (Å²) < 4.78 is 5.23. The molecular weight excluding hydrogens is 216 g/mol. The molecule has 1 atom stereocenters. The van der Waals surface area contributed by atoms with E-state index in [9.17, 15) is 4.79 Å². The molecule has 1 N–H and O–H groups in total. The third-order valence-corrected chi connectivity index (χ3v) is 3.10. The highest BCUT2D eigenvalue weighted by Gasteiger charge is 2.25. The largest absolute Gasteiger partial charge is 0.496 e. The van der Waals surface area contributed by atoms with Crippen LogP contribution in [-0.2, 0) is 0 Å². The van der Waals surface area contributed by atoms with Crippen LogP contribution in [0.1, 0.15) is 17.3 Å². The Morgan fingerprint density at radius 1 is 1.47 bits per heavy atom. The first-order chi connectivity index (χ1) is 8.24. The normalized spacial score (nSPS) is 20.1. The minimum atomic E-state index is 0.0523. The zero-order chi connectivity index (χ0) is 12.3. The quantitative estimate of drug-likeness (QED) is 0.834. The van der Waals surface area contributed by atoms with E-state index >= 15 is 0 Å². The molecule has 0 aromatic heterocycles. The van der Waals surface area contributed by atoms with Gasteiger partial charge >= 0.3 is 0 Å². The second-order valence-electron chi connectivity index (χ2n) is 4.25. The standard InChI is InChI=1S/C13H18N2O2/c1-10-9-14-7-8-15(10)13(16)11-5-3-4-6-12(11)17-2/h3-6,10,14H,7-9H2,1-2H3/t10-/m1/s1. The molecule has 1 aliphatic rings. The number of para-hydroxylation sites is 1. The Balaban J connectivity index is 2.23. The predicted octanol–water partition coefficient (Wildman–Crippen LogP) is 1.13. The van der Waals surface area contributed by atoms with E-state index in [0.717, 1.165) is 19.6 Å². The maximum Gasteiger partial charge on any atom is 0.257 e. The van der Waals surface area contributed by atoms with Crippen molar-refractivity contribution in [3.63, 3.8) is 0 Å². The summed E-state index contributed by atoms with van der Waals surface area (Å²) >= 11 is 0. The highest BCUT2D eigenvalue weighted by atomic mass is 16.5. The number of hydrogen-bond donors (Lipinski definition) is 1. The van der Waals surface area contributed by atoms with Crippen molar-refractivity contribution in [3.05, 3.63) is 29.8 Å². The fraction of sp³-hybridized carbons (Fsp3) is 0.462. The van der Waals surface area contributed by atoms with E-state index in [1.54, 1.807) is 7.11 Å². The summed E-state index contributed by atoms with van der Waals surface area (Å²) in [5.74, 6) is 0.694. The van der Waals surface area contributed by atoms with E-state index in [1.165, 1.54) is 0 Å². The van der Waals surface area contributed by atoms with Gasteiger partial charge in [0.05, 0.1) is 12.7 Å². The van der Waals surface area contributed by atoms with Crippen LogP contribution >= 0.6 is 0 Å². The van der Waals surface area contributed by atoms with E-state index in [4.69, 9.17) is 4.74 Å². The van der Waals surface area contributed by atoms with Gasteiger partial charge in [-0.05, 0) is 19.1 Å². The number of benzene rings is 1. The maximum absolute atomic E-state index is 12.4. The molecule has 4 heteroatoms. The van der Waals surface area contributed by atoms with Gasteiger partial charge in [-0.1, -0.05) is 12.1 Å². The molecule has 1 aromatic rings. The summed E-state index contributed by atoms with van der Waals surface area (Å²) in [5, 5.41) is 3.27. The summed E-state index contributed by atoms with van der Waals surface area (Å²) in [6, 6.07) is 7.59. The molecule has 1 heterocycles. The summed E-state index contributed by atoms with van der Waals surface area (Å²) in [6.07, 6.45) is 0. The van der Waals surface area contributed by atoms with Crippen LogP contribution in [0.25, 0.3) is 0 Å². The molecule has 0 unspecified atom stereocenters. The minimum Gasteiger partial charge on any atom is -0.496 e. The first kappa shape index (κ1) is 11.9. The monoisotopic (exact) mass is 234 g/mol. The Morgan fingerprint density at radius 3 is 2.94 bits per heavy atom. The lowest BCUT2D eigenvalue weighted by Crippen LogP contribution is -2.52. The highest BCUT2D eigenvalue weighted by molar-refractivity contribution is 5.97. The van der Waals surface area contributed by atoms with Gasteiger partial charge in [-0.2, -0.15) is 0 Å². The topological polar surface area (TPSA) is 41.6 Å². The lowest BCUT2D eigenvalue weighted by Gasteiger charge is -2.34. The summed E-state index contributed by atoms with van der Waals surface area (Å²) in [5.41, 5.74) is 0.642. The molecule has 1 aliphatic heterocycles. The number of rotatable bonds is 2. The molecule has 0 aliphatic carbocycles. The van der Waals surface area contributed by atoms with E-state index < -0.39 is 0 Å².